The fourth-order valence-corrected chi connectivity index (χ4v) is 1.23. The van der Waals surface area contributed by atoms with Gasteiger partial charge in [0.05, 0.1) is 6.26 Å². The van der Waals surface area contributed by atoms with E-state index in [1.807, 2.05) is 0 Å². The Labute approximate surface area is 92.1 Å². The van der Waals surface area contributed by atoms with Crippen molar-refractivity contribution in [2.45, 2.75) is 0 Å². The van der Waals surface area contributed by atoms with Crippen molar-refractivity contribution in [1.82, 2.24) is 0 Å². The van der Waals surface area contributed by atoms with Gasteiger partial charge in [0.1, 0.15) is 0 Å². The van der Waals surface area contributed by atoms with Gasteiger partial charge in [-0.2, -0.15) is 0 Å². The largest absolute Gasteiger partial charge is 0.504 e. The zero-order chi connectivity index (χ0) is 11.4. The minimum Gasteiger partial charge on any atom is -0.504 e. The molecular formula is C12H10O4. The van der Waals surface area contributed by atoms with Crippen LogP contribution in [0.2, 0.25) is 0 Å². The third-order valence-corrected chi connectivity index (χ3v) is 2.02. The molecule has 1 heterocycles. The van der Waals surface area contributed by atoms with Gasteiger partial charge in [-0.15, -0.1) is 0 Å². The van der Waals surface area contributed by atoms with Crippen molar-refractivity contribution in [1.29, 1.82) is 0 Å². The molecule has 2 aromatic rings. The normalized spacial score (nSPS) is 10.0. The molecule has 0 aliphatic heterocycles. The van der Waals surface area contributed by atoms with Gasteiger partial charge in [0.25, 0.3) is 0 Å². The number of Topliss-reactive ketones (excluding diaryl/α,β-unsaturated/α-hetero) is 1. The van der Waals surface area contributed by atoms with Crippen molar-refractivity contribution in [3.05, 3.63) is 48.4 Å². The molecule has 2 rings (SSSR count). The molecule has 1 aromatic carbocycles. The van der Waals surface area contributed by atoms with Crippen LogP contribution in [0.25, 0.3) is 0 Å². The fourth-order valence-electron chi connectivity index (χ4n) is 1.23. The Bertz CT molecular complexity index is 474. The van der Waals surface area contributed by atoms with E-state index in [0.29, 0.717) is 0 Å². The molecule has 0 fully saturated rings. The maximum atomic E-state index is 11.5. The predicted octanol–water partition coefficient (Wildman–Crippen LogP) is 2.25. The van der Waals surface area contributed by atoms with Crippen LogP contribution in [0.15, 0.2) is 47.1 Å². The molecule has 1 N–H and O–H groups in total. The summed E-state index contributed by atoms with van der Waals surface area (Å²) in [5, 5.41) is 9.39. The minimum absolute atomic E-state index is 0.00902. The molecule has 0 aliphatic carbocycles. The van der Waals surface area contributed by atoms with E-state index in [9.17, 15) is 9.90 Å². The van der Waals surface area contributed by atoms with E-state index in [1.54, 1.807) is 30.3 Å². The van der Waals surface area contributed by atoms with Crippen LogP contribution in [0.1, 0.15) is 10.6 Å². The van der Waals surface area contributed by atoms with E-state index in [-0.39, 0.29) is 29.6 Å². The first-order chi connectivity index (χ1) is 7.77. The highest BCUT2D eigenvalue weighted by Crippen LogP contribution is 2.24. The molecule has 16 heavy (non-hydrogen) atoms. The van der Waals surface area contributed by atoms with Crippen molar-refractivity contribution in [3.63, 3.8) is 0 Å². The lowest BCUT2D eigenvalue weighted by Crippen LogP contribution is -2.10. The molecule has 0 spiro atoms. The molecule has 0 atom stereocenters. The maximum Gasteiger partial charge on any atom is 0.235 e. The Kier molecular flexibility index (Phi) is 2.91. The number of aromatic hydroxyl groups is 1. The molecule has 82 valence electrons. The van der Waals surface area contributed by atoms with Crippen molar-refractivity contribution in [2.24, 2.45) is 0 Å². The lowest BCUT2D eigenvalue weighted by Gasteiger charge is -2.05. The average Bonchev–Trinajstić information content (AvgIpc) is 2.81. The van der Waals surface area contributed by atoms with Crippen LogP contribution in [0, 0.1) is 0 Å². The molecule has 0 unspecified atom stereocenters. The van der Waals surface area contributed by atoms with Gasteiger partial charge < -0.3 is 14.3 Å². The summed E-state index contributed by atoms with van der Waals surface area (Å²) in [6.45, 7) is -0.162. The van der Waals surface area contributed by atoms with Gasteiger partial charge in [-0.25, -0.2) is 0 Å². The van der Waals surface area contributed by atoms with Crippen molar-refractivity contribution >= 4 is 5.78 Å². The number of carbonyl (C=O) groups excluding carboxylic acids is 1. The molecule has 1 aromatic heterocycles. The first-order valence-corrected chi connectivity index (χ1v) is 4.75. The van der Waals surface area contributed by atoms with E-state index in [4.69, 9.17) is 9.15 Å². The summed E-state index contributed by atoms with van der Waals surface area (Å²) >= 11 is 0. The molecule has 4 heteroatoms. The number of ether oxygens (including phenoxy) is 1. The van der Waals surface area contributed by atoms with E-state index in [0.717, 1.165) is 0 Å². The molecule has 0 amide bonds. The Balaban J connectivity index is 1.98. The van der Waals surface area contributed by atoms with Crippen molar-refractivity contribution in [2.75, 3.05) is 6.61 Å². The van der Waals surface area contributed by atoms with Gasteiger partial charge >= 0.3 is 0 Å². The lowest BCUT2D eigenvalue weighted by molar-refractivity contribution is 0.0892. The number of rotatable bonds is 4. The van der Waals surface area contributed by atoms with Crippen LogP contribution in [0.5, 0.6) is 11.5 Å². The quantitative estimate of drug-likeness (QED) is 0.799. The number of carbonyl (C=O) groups is 1. The first-order valence-electron chi connectivity index (χ1n) is 4.75. The second kappa shape index (κ2) is 4.53. The Morgan fingerprint density at radius 1 is 1.25 bits per heavy atom. The van der Waals surface area contributed by atoms with Crippen LogP contribution >= 0.6 is 0 Å². The second-order valence-corrected chi connectivity index (χ2v) is 3.16. The van der Waals surface area contributed by atoms with Gasteiger partial charge in [0.2, 0.25) is 5.78 Å². The van der Waals surface area contributed by atoms with Crippen LogP contribution in [0.4, 0.5) is 0 Å². The number of hydrogen-bond acceptors (Lipinski definition) is 4. The number of ketones is 1. The monoisotopic (exact) mass is 218 g/mol. The molecular weight excluding hydrogens is 208 g/mol. The highest BCUT2D eigenvalue weighted by molar-refractivity contribution is 5.94. The zero-order valence-electron chi connectivity index (χ0n) is 8.42. The maximum absolute atomic E-state index is 11.5. The molecule has 0 saturated carbocycles. The number of furan rings is 1. The third kappa shape index (κ3) is 2.23. The SMILES string of the molecule is O=C(COc1ccccc1O)c1ccco1. The molecule has 4 nitrogen and oxygen atoms in total. The minimum atomic E-state index is -0.270. The number of hydrogen-bond donors (Lipinski definition) is 1. The van der Waals surface area contributed by atoms with E-state index in [2.05, 4.69) is 0 Å². The number of para-hydroxylation sites is 2. The molecule has 0 aliphatic rings. The summed E-state index contributed by atoms with van der Waals surface area (Å²) in [5.41, 5.74) is 0. The topological polar surface area (TPSA) is 59.7 Å². The van der Waals surface area contributed by atoms with Gasteiger partial charge in [-0.3, -0.25) is 4.79 Å². The summed E-state index contributed by atoms with van der Waals surface area (Å²) in [4.78, 5) is 11.5. The van der Waals surface area contributed by atoms with E-state index >= 15 is 0 Å². The molecule has 0 bridgehead atoms. The van der Waals surface area contributed by atoms with Gasteiger partial charge in [0, 0.05) is 0 Å². The first kappa shape index (κ1) is 10.3. The van der Waals surface area contributed by atoms with Crippen molar-refractivity contribution < 1.29 is 19.1 Å². The summed E-state index contributed by atoms with van der Waals surface area (Å²) in [6.07, 6.45) is 1.42. The Morgan fingerprint density at radius 2 is 2.06 bits per heavy atom. The summed E-state index contributed by atoms with van der Waals surface area (Å²) in [7, 11) is 0. The second-order valence-electron chi connectivity index (χ2n) is 3.16. The van der Waals surface area contributed by atoms with Crippen molar-refractivity contribution in [3.8, 4) is 11.5 Å². The van der Waals surface area contributed by atoms with E-state index in [1.165, 1.54) is 12.3 Å². The van der Waals surface area contributed by atoms with Crippen LogP contribution in [-0.2, 0) is 0 Å². The molecule has 0 saturated heterocycles. The van der Waals surface area contributed by atoms with Gasteiger partial charge in [0.15, 0.2) is 23.9 Å². The standard InChI is InChI=1S/C12H10O4/c13-9-4-1-2-5-11(9)16-8-10(14)12-6-3-7-15-12/h1-7,13H,8H2. The predicted molar refractivity (Wildman–Crippen MR) is 56.6 cm³/mol. The number of phenols is 1. The highest BCUT2D eigenvalue weighted by Gasteiger charge is 2.10. The number of phenolic OH excluding ortho intramolecular Hbond substituents is 1. The van der Waals surface area contributed by atoms with Crippen LogP contribution < -0.4 is 4.74 Å². The average molecular weight is 218 g/mol. The third-order valence-electron chi connectivity index (χ3n) is 2.02. The summed E-state index contributed by atoms with van der Waals surface area (Å²) in [6, 6.07) is 9.67. The number of benzene rings is 1. The Morgan fingerprint density at radius 3 is 2.75 bits per heavy atom. The lowest BCUT2D eigenvalue weighted by atomic mass is 10.3. The zero-order valence-corrected chi connectivity index (χ0v) is 8.42. The van der Waals surface area contributed by atoms with Gasteiger partial charge in [-0.1, -0.05) is 12.1 Å². The summed E-state index contributed by atoms with van der Waals surface area (Å²) < 4.78 is 10.1. The molecule has 0 radical (unpaired) electrons. The highest BCUT2D eigenvalue weighted by atomic mass is 16.5. The smallest absolute Gasteiger partial charge is 0.235 e. The van der Waals surface area contributed by atoms with E-state index < -0.39 is 0 Å². The van der Waals surface area contributed by atoms with Crippen LogP contribution in [-0.4, -0.2) is 17.5 Å². The van der Waals surface area contributed by atoms with Crippen LogP contribution in [0.3, 0.4) is 0 Å². The Hall–Kier alpha value is -2.23. The fraction of sp³-hybridized carbons (Fsp3) is 0.0833. The van der Waals surface area contributed by atoms with Gasteiger partial charge in [-0.05, 0) is 24.3 Å². The summed E-state index contributed by atoms with van der Waals surface area (Å²) in [5.74, 6) is 0.265.